The zero-order valence-electron chi connectivity index (χ0n) is 20.5. The van der Waals surface area contributed by atoms with Crippen molar-refractivity contribution in [3.05, 3.63) is 125 Å². The standard InChI is InChI=1S/C30H25ClN2O5/c1-21(37-27-17-15-26(16-18-27)36-20-23-5-3-2-4-6-23)29(34)33-32-19-22-7-13-28(14-8-22)38-30(35)24-9-11-25(31)12-10-24/h2-19,21H,20H2,1H3,(H,33,34). The summed E-state index contributed by atoms with van der Waals surface area (Å²) in [5, 5.41) is 4.51. The summed E-state index contributed by atoms with van der Waals surface area (Å²) in [6.07, 6.45) is 0.715. The van der Waals surface area contributed by atoms with Crippen LogP contribution in [0, 0.1) is 0 Å². The number of hydrogen-bond donors (Lipinski definition) is 1. The van der Waals surface area contributed by atoms with Crippen molar-refractivity contribution in [2.75, 3.05) is 0 Å². The summed E-state index contributed by atoms with van der Waals surface area (Å²) in [5.74, 6) is 0.726. The average molecular weight is 529 g/mol. The lowest BCUT2D eigenvalue weighted by Gasteiger charge is -2.13. The predicted molar refractivity (Wildman–Crippen MR) is 146 cm³/mol. The van der Waals surface area contributed by atoms with E-state index in [-0.39, 0.29) is 0 Å². The van der Waals surface area contributed by atoms with E-state index in [9.17, 15) is 9.59 Å². The van der Waals surface area contributed by atoms with Crippen LogP contribution in [0.1, 0.15) is 28.4 Å². The van der Waals surface area contributed by atoms with Crippen molar-refractivity contribution in [1.29, 1.82) is 0 Å². The van der Waals surface area contributed by atoms with Crippen molar-refractivity contribution in [3.63, 3.8) is 0 Å². The smallest absolute Gasteiger partial charge is 0.343 e. The molecule has 38 heavy (non-hydrogen) atoms. The number of ether oxygens (including phenoxy) is 3. The number of benzene rings is 4. The van der Waals surface area contributed by atoms with Gasteiger partial charge in [0.1, 0.15) is 23.9 Å². The van der Waals surface area contributed by atoms with Gasteiger partial charge in [0.2, 0.25) is 0 Å². The summed E-state index contributed by atoms with van der Waals surface area (Å²) < 4.78 is 16.8. The second kappa shape index (κ2) is 13.1. The molecule has 192 valence electrons. The number of halogens is 1. The maximum atomic E-state index is 12.4. The second-order valence-corrected chi connectivity index (χ2v) is 8.64. The molecule has 1 atom stereocenters. The third kappa shape index (κ3) is 7.94. The molecule has 7 nitrogen and oxygen atoms in total. The monoisotopic (exact) mass is 528 g/mol. The van der Waals surface area contributed by atoms with Crippen LogP contribution in [0.4, 0.5) is 0 Å². The van der Waals surface area contributed by atoms with Gasteiger partial charge < -0.3 is 14.2 Å². The van der Waals surface area contributed by atoms with Crippen LogP contribution in [-0.2, 0) is 11.4 Å². The molecule has 4 aromatic carbocycles. The second-order valence-electron chi connectivity index (χ2n) is 8.21. The van der Waals surface area contributed by atoms with Gasteiger partial charge in [0.05, 0.1) is 11.8 Å². The molecule has 4 rings (SSSR count). The third-order valence-electron chi connectivity index (χ3n) is 5.31. The Hall–Kier alpha value is -4.62. The Bertz CT molecular complexity index is 1370. The van der Waals surface area contributed by atoms with E-state index in [1.165, 1.54) is 6.21 Å². The van der Waals surface area contributed by atoms with E-state index in [1.807, 2.05) is 30.3 Å². The van der Waals surface area contributed by atoms with Gasteiger partial charge >= 0.3 is 5.97 Å². The maximum absolute atomic E-state index is 12.4. The van der Waals surface area contributed by atoms with E-state index < -0.39 is 18.0 Å². The molecule has 0 radical (unpaired) electrons. The average Bonchev–Trinajstić information content (AvgIpc) is 2.94. The lowest BCUT2D eigenvalue weighted by atomic mass is 10.2. The van der Waals surface area contributed by atoms with E-state index >= 15 is 0 Å². The molecule has 1 unspecified atom stereocenters. The van der Waals surface area contributed by atoms with Gasteiger partial charge in [-0.3, -0.25) is 4.79 Å². The molecular weight excluding hydrogens is 504 g/mol. The topological polar surface area (TPSA) is 86.2 Å². The minimum absolute atomic E-state index is 0.379. The summed E-state index contributed by atoms with van der Waals surface area (Å²) >= 11 is 5.84. The molecule has 0 aliphatic heterocycles. The van der Waals surface area contributed by atoms with Crippen LogP contribution in [0.25, 0.3) is 0 Å². The van der Waals surface area contributed by atoms with Crippen LogP contribution >= 0.6 is 11.6 Å². The van der Waals surface area contributed by atoms with Gasteiger partial charge in [0.15, 0.2) is 6.10 Å². The lowest BCUT2D eigenvalue weighted by molar-refractivity contribution is -0.127. The van der Waals surface area contributed by atoms with Gasteiger partial charge in [-0.05, 0) is 90.8 Å². The highest BCUT2D eigenvalue weighted by Crippen LogP contribution is 2.20. The van der Waals surface area contributed by atoms with Crippen LogP contribution in [0.2, 0.25) is 5.02 Å². The van der Waals surface area contributed by atoms with Crippen molar-refractivity contribution < 1.29 is 23.8 Å². The van der Waals surface area contributed by atoms with Crippen LogP contribution in [0.15, 0.2) is 108 Å². The Morgan fingerprint density at radius 2 is 1.47 bits per heavy atom. The highest BCUT2D eigenvalue weighted by Gasteiger charge is 2.14. The van der Waals surface area contributed by atoms with Gasteiger partial charge in [-0.1, -0.05) is 41.9 Å². The Labute approximate surface area is 225 Å². The zero-order valence-corrected chi connectivity index (χ0v) is 21.3. The fraction of sp³-hybridized carbons (Fsp3) is 0.100. The van der Waals surface area contributed by atoms with Gasteiger partial charge in [-0.15, -0.1) is 0 Å². The molecular formula is C30H25ClN2O5. The summed E-state index contributed by atoms with van der Waals surface area (Å²) in [7, 11) is 0. The Kier molecular flexibility index (Phi) is 9.10. The molecule has 0 spiro atoms. The van der Waals surface area contributed by atoms with Gasteiger partial charge in [0, 0.05) is 5.02 Å². The van der Waals surface area contributed by atoms with Gasteiger partial charge in [-0.25, -0.2) is 10.2 Å². The molecule has 0 aliphatic carbocycles. The van der Waals surface area contributed by atoms with Crippen molar-refractivity contribution in [2.24, 2.45) is 5.10 Å². The normalized spacial score (nSPS) is 11.5. The predicted octanol–water partition coefficient (Wildman–Crippen LogP) is 6.06. The summed E-state index contributed by atoms with van der Waals surface area (Å²) in [4.78, 5) is 24.5. The van der Waals surface area contributed by atoms with Gasteiger partial charge in [-0.2, -0.15) is 5.10 Å². The highest BCUT2D eigenvalue weighted by molar-refractivity contribution is 6.30. The minimum atomic E-state index is -0.766. The molecule has 0 saturated carbocycles. The number of hydrazone groups is 1. The number of esters is 1. The Balaban J connectivity index is 1.21. The number of hydrogen-bond acceptors (Lipinski definition) is 6. The van der Waals surface area contributed by atoms with E-state index in [1.54, 1.807) is 79.7 Å². The van der Waals surface area contributed by atoms with E-state index in [2.05, 4.69) is 10.5 Å². The van der Waals surface area contributed by atoms with Crippen molar-refractivity contribution in [3.8, 4) is 17.2 Å². The number of nitrogens with one attached hydrogen (secondary N) is 1. The minimum Gasteiger partial charge on any atom is -0.489 e. The molecule has 0 aromatic heterocycles. The molecule has 4 aromatic rings. The van der Waals surface area contributed by atoms with Crippen LogP contribution in [0.3, 0.4) is 0 Å². The SMILES string of the molecule is CC(Oc1ccc(OCc2ccccc2)cc1)C(=O)NN=Cc1ccc(OC(=O)c2ccc(Cl)cc2)cc1. The number of carbonyl (C=O) groups is 2. The van der Waals surface area contributed by atoms with Crippen LogP contribution in [0.5, 0.6) is 17.2 Å². The summed E-state index contributed by atoms with van der Waals surface area (Å²) in [5.41, 5.74) is 4.63. The maximum Gasteiger partial charge on any atom is 0.343 e. The summed E-state index contributed by atoms with van der Waals surface area (Å²) in [6.45, 7) is 2.10. The first-order valence-electron chi connectivity index (χ1n) is 11.8. The fourth-order valence-electron chi connectivity index (χ4n) is 3.25. The molecule has 1 N–H and O–H groups in total. The molecule has 0 aliphatic rings. The molecule has 0 saturated heterocycles. The highest BCUT2D eigenvalue weighted by atomic mass is 35.5. The van der Waals surface area contributed by atoms with Crippen molar-refractivity contribution in [2.45, 2.75) is 19.6 Å². The lowest BCUT2D eigenvalue weighted by Crippen LogP contribution is -2.33. The Morgan fingerprint density at radius 1 is 0.842 bits per heavy atom. The van der Waals surface area contributed by atoms with E-state index in [0.29, 0.717) is 40.0 Å². The number of rotatable bonds is 10. The van der Waals surface area contributed by atoms with Crippen LogP contribution in [-0.4, -0.2) is 24.2 Å². The quantitative estimate of drug-likeness (QED) is 0.117. The van der Waals surface area contributed by atoms with Crippen molar-refractivity contribution >= 4 is 29.7 Å². The first kappa shape index (κ1) is 26.4. The van der Waals surface area contributed by atoms with Crippen LogP contribution < -0.4 is 19.6 Å². The summed E-state index contributed by atoms with van der Waals surface area (Å²) in [6, 6.07) is 30.1. The third-order valence-corrected chi connectivity index (χ3v) is 5.57. The molecule has 8 heteroatoms. The first-order chi connectivity index (χ1) is 18.5. The number of carbonyl (C=O) groups excluding carboxylic acids is 2. The van der Waals surface area contributed by atoms with Crippen molar-refractivity contribution in [1.82, 2.24) is 5.43 Å². The van der Waals surface area contributed by atoms with E-state index in [4.69, 9.17) is 25.8 Å². The first-order valence-corrected chi connectivity index (χ1v) is 12.2. The zero-order chi connectivity index (χ0) is 26.7. The molecule has 0 heterocycles. The largest absolute Gasteiger partial charge is 0.489 e. The molecule has 0 fully saturated rings. The number of nitrogens with zero attached hydrogens (tertiary/aromatic N) is 1. The van der Waals surface area contributed by atoms with E-state index in [0.717, 1.165) is 5.56 Å². The molecule has 1 amide bonds. The molecule has 0 bridgehead atoms. The fourth-order valence-corrected chi connectivity index (χ4v) is 3.37. The van der Waals surface area contributed by atoms with Gasteiger partial charge in [0.25, 0.3) is 5.91 Å². The Morgan fingerprint density at radius 3 is 2.16 bits per heavy atom. The number of amides is 1.